The van der Waals surface area contributed by atoms with Gasteiger partial charge in [-0.2, -0.15) is 0 Å². The molecule has 2 heterocycles. The van der Waals surface area contributed by atoms with E-state index in [-0.39, 0.29) is 5.91 Å². The molecule has 1 amide bonds. The van der Waals surface area contributed by atoms with Gasteiger partial charge < -0.3 is 14.9 Å². The molecule has 0 unspecified atom stereocenters. The van der Waals surface area contributed by atoms with Gasteiger partial charge in [-0.25, -0.2) is 0 Å². The molecule has 0 bridgehead atoms. The van der Waals surface area contributed by atoms with Gasteiger partial charge in [0.2, 0.25) is 0 Å². The molecule has 3 aromatic carbocycles. The molecule has 0 aliphatic rings. The Morgan fingerprint density at radius 3 is 2.52 bits per heavy atom. The number of para-hydroxylation sites is 2. The Morgan fingerprint density at radius 2 is 1.72 bits per heavy atom. The maximum atomic E-state index is 12.6. The number of nitrogens with zero attached hydrogens (tertiary/aromatic N) is 1. The van der Waals surface area contributed by atoms with Gasteiger partial charge >= 0.3 is 0 Å². The van der Waals surface area contributed by atoms with Crippen molar-refractivity contribution in [2.45, 2.75) is 0 Å². The van der Waals surface area contributed by atoms with Crippen LogP contribution in [-0.2, 0) is 7.05 Å². The highest BCUT2D eigenvalue weighted by atomic mass is 16.1. The predicted octanol–water partition coefficient (Wildman–Crippen LogP) is 4.33. The zero-order valence-corrected chi connectivity index (χ0v) is 14.1. The van der Waals surface area contributed by atoms with Crippen LogP contribution in [0.2, 0.25) is 0 Å². The van der Waals surface area contributed by atoms with E-state index < -0.39 is 0 Å². The van der Waals surface area contributed by atoms with Crippen molar-refractivity contribution in [2.24, 2.45) is 7.05 Å². The van der Waals surface area contributed by atoms with Crippen molar-refractivity contribution in [3.05, 3.63) is 60.2 Å². The van der Waals surface area contributed by atoms with Crippen LogP contribution in [0.3, 0.4) is 0 Å². The smallest absolute Gasteiger partial charge is 0.251 e. The van der Waals surface area contributed by atoms with Gasteiger partial charge in [0.25, 0.3) is 5.91 Å². The van der Waals surface area contributed by atoms with Crippen LogP contribution in [0.4, 0.5) is 0 Å². The molecule has 25 heavy (non-hydrogen) atoms. The number of H-pyrrole nitrogens is 1. The summed E-state index contributed by atoms with van der Waals surface area (Å²) in [6.45, 7) is 0. The second-order valence-electron chi connectivity index (χ2n) is 6.40. The van der Waals surface area contributed by atoms with E-state index >= 15 is 0 Å². The Morgan fingerprint density at radius 1 is 1.00 bits per heavy atom. The molecule has 2 N–H and O–H groups in total. The molecule has 0 spiro atoms. The summed E-state index contributed by atoms with van der Waals surface area (Å²) in [5.41, 5.74) is 5.04. The highest BCUT2D eigenvalue weighted by Gasteiger charge is 2.20. The summed E-state index contributed by atoms with van der Waals surface area (Å²) < 4.78 is 2.20. The number of aromatic amines is 1. The SMILES string of the molecule is CNC(=O)c1cc2c3ccccc3n(C)c2c2[nH]c3ccccc3c12. The summed E-state index contributed by atoms with van der Waals surface area (Å²) in [5, 5.41) is 7.09. The lowest BCUT2D eigenvalue weighted by Gasteiger charge is -2.06. The van der Waals surface area contributed by atoms with E-state index in [4.69, 9.17) is 0 Å². The maximum Gasteiger partial charge on any atom is 0.251 e. The topological polar surface area (TPSA) is 49.8 Å². The molecule has 0 radical (unpaired) electrons. The van der Waals surface area contributed by atoms with Crippen LogP contribution in [0.15, 0.2) is 54.6 Å². The number of amides is 1. The third-order valence-corrected chi connectivity index (χ3v) is 5.12. The van der Waals surface area contributed by atoms with E-state index in [2.05, 4.69) is 46.2 Å². The Kier molecular flexibility index (Phi) is 2.74. The zero-order valence-electron chi connectivity index (χ0n) is 14.1. The van der Waals surface area contributed by atoms with E-state index in [1.54, 1.807) is 7.05 Å². The van der Waals surface area contributed by atoms with E-state index in [0.29, 0.717) is 5.56 Å². The molecule has 122 valence electrons. The normalized spacial score (nSPS) is 11.8. The fourth-order valence-corrected chi connectivity index (χ4v) is 4.00. The molecule has 5 rings (SSSR count). The first kappa shape index (κ1) is 14.1. The average molecular weight is 327 g/mol. The monoisotopic (exact) mass is 327 g/mol. The van der Waals surface area contributed by atoms with Crippen LogP contribution in [0.25, 0.3) is 43.6 Å². The average Bonchev–Trinajstić information content (AvgIpc) is 3.17. The van der Waals surface area contributed by atoms with Crippen LogP contribution in [0.1, 0.15) is 10.4 Å². The van der Waals surface area contributed by atoms with E-state index in [9.17, 15) is 4.79 Å². The molecule has 0 aliphatic heterocycles. The summed E-state index contributed by atoms with van der Waals surface area (Å²) >= 11 is 0. The largest absolute Gasteiger partial charge is 0.355 e. The molecule has 2 aromatic heterocycles. The molecule has 4 nitrogen and oxygen atoms in total. The van der Waals surface area contributed by atoms with E-state index in [1.165, 1.54) is 0 Å². The van der Waals surface area contributed by atoms with E-state index in [0.717, 1.165) is 43.6 Å². The van der Waals surface area contributed by atoms with Crippen molar-refractivity contribution in [3.8, 4) is 0 Å². The highest BCUT2D eigenvalue weighted by Crippen LogP contribution is 2.38. The quantitative estimate of drug-likeness (QED) is 0.473. The molecule has 0 atom stereocenters. The maximum absolute atomic E-state index is 12.6. The summed E-state index contributed by atoms with van der Waals surface area (Å²) in [6.07, 6.45) is 0. The third-order valence-electron chi connectivity index (χ3n) is 5.12. The molecular formula is C21H17N3O. The van der Waals surface area contributed by atoms with Gasteiger partial charge in [0, 0.05) is 46.7 Å². The lowest BCUT2D eigenvalue weighted by molar-refractivity contribution is 0.0965. The van der Waals surface area contributed by atoms with Crippen LogP contribution in [-0.4, -0.2) is 22.5 Å². The second-order valence-corrected chi connectivity index (χ2v) is 6.40. The standard InChI is InChI=1S/C21H17N3O/c1-22-21(25)15-11-14-12-7-4-6-10-17(12)24(2)20(14)19-18(15)13-8-3-5-9-16(13)23-19/h3-11,23H,1-2H3,(H,22,25). The Balaban J connectivity index is 2.13. The molecule has 0 fully saturated rings. The van der Waals surface area contributed by atoms with Crippen LogP contribution >= 0.6 is 0 Å². The molecule has 0 saturated heterocycles. The summed E-state index contributed by atoms with van der Waals surface area (Å²) in [6, 6.07) is 18.5. The van der Waals surface area contributed by atoms with E-state index in [1.807, 2.05) is 30.3 Å². The van der Waals surface area contributed by atoms with Crippen LogP contribution < -0.4 is 5.32 Å². The fraction of sp³-hybridized carbons (Fsp3) is 0.0952. The minimum Gasteiger partial charge on any atom is -0.355 e. The Hall–Kier alpha value is -3.27. The fourth-order valence-electron chi connectivity index (χ4n) is 4.00. The van der Waals surface area contributed by atoms with Gasteiger partial charge in [-0.3, -0.25) is 4.79 Å². The molecule has 5 aromatic rings. The first-order valence-electron chi connectivity index (χ1n) is 8.33. The number of carbonyl (C=O) groups excluding carboxylic acids is 1. The lowest BCUT2D eigenvalue weighted by Crippen LogP contribution is -2.18. The molecule has 4 heteroatoms. The van der Waals surface area contributed by atoms with Crippen molar-refractivity contribution in [2.75, 3.05) is 7.05 Å². The van der Waals surface area contributed by atoms with Crippen molar-refractivity contribution in [3.63, 3.8) is 0 Å². The predicted molar refractivity (Wildman–Crippen MR) is 103 cm³/mol. The number of hydrogen-bond donors (Lipinski definition) is 2. The molecule has 0 aliphatic carbocycles. The van der Waals surface area contributed by atoms with Gasteiger partial charge in [0.15, 0.2) is 0 Å². The summed E-state index contributed by atoms with van der Waals surface area (Å²) in [4.78, 5) is 16.2. The minimum atomic E-state index is -0.0652. The number of benzene rings is 3. The van der Waals surface area contributed by atoms with Crippen molar-refractivity contribution >= 4 is 49.5 Å². The number of aromatic nitrogens is 2. The van der Waals surface area contributed by atoms with Gasteiger partial charge in [-0.15, -0.1) is 0 Å². The Labute approximate surface area is 144 Å². The third kappa shape index (κ3) is 1.74. The van der Waals surface area contributed by atoms with Crippen LogP contribution in [0.5, 0.6) is 0 Å². The van der Waals surface area contributed by atoms with Crippen molar-refractivity contribution in [1.29, 1.82) is 0 Å². The van der Waals surface area contributed by atoms with Crippen molar-refractivity contribution in [1.82, 2.24) is 14.9 Å². The number of aryl methyl sites for hydroxylation is 1. The van der Waals surface area contributed by atoms with Gasteiger partial charge in [-0.05, 0) is 18.2 Å². The molecule has 0 saturated carbocycles. The number of fused-ring (bicyclic) bond motifs is 7. The van der Waals surface area contributed by atoms with Gasteiger partial charge in [-0.1, -0.05) is 36.4 Å². The number of nitrogens with one attached hydrogen (secondary N) is 2. The van der Waals surface area contributed by atoms with Gasteiger partial charge in [0.05, 0.1) is 16.6 Å². The first-order chi connectivity index (χ1) is 12.2. The zero-order chi connectivity index (χ0) is 17.1. The van der Waals surface area contributed by atoms with Crippen molar-refractivity contribution < 1.29 is 4.79 Å². The minimum absolute atomic E-state index is 0.0652. The lowest BCUT2D eigenvalue weighted by atomic mass is 10.0. The number of carbonyl (C=O) groups is 1. The highest BCUT2D eigenvalue weighted by molar-refractivity contribution is 6.27. The summed E-state index contributed by atoms with van der Waals surface area (Å²) in [5.74, 6) is -0.0652. The molecular weight excluding hydrogens is 310 g/mol. The number of rotatable bonds is 1. The first-order valence-corrected chi connectivity index (χ1v) is 8.33. The Bertz CT molecular complexity index is 1310. The number of hydrogen-bond acceptors (Lipinski definition) is 1. The van der Waals surface area contributed by atoms with Gasteiger partial charge in [0.1, 0.15) is 0 Å². The summed E-state index contributed by atoms with van der Waals surface area (Å²) in [7, 11) is 3.76. The second kappa shape index (κ2) is 4.86. The van der Waals surface area contributed by atoms with Crippen LogP contribution in [0, 0.1) is 0 Å².